The minimum Gasteiger partial charge on any atom is -0.325 e. The fourth-order valence-electron chi connectivity index (χ4n) is 3.04. The van der Waals surface area contributed by atoms with E-state index in [1.165, 1.54) is 23.9 Å². The van der Waals surface area contributed by atoms with Gasteiger partial charge in [-0.2, -0.15) is 13.2 Å². The van der Waals surface area contributed by atoms with Gasteiger partial charge in [0.05, 0.1) is 16.8 Å². The summed E-state index contributed by atoms with van der Waals surface area (Å²) in [5, 5.41) is 12.6. The zero-order valence-electron chi connectivity index (χ0n) is 15.2. The molecule has 0 aliphatic heterocycles. The number of aromatic nitrogens is 3. The number of halogens is 3. The first-order chi connectivity index (χ1) is 13.8. The van der Waals surface area contributed by atoms with Crippen molar-refractivity contribution in [2.45, 2.75) is 18.3 Å². The lowest BCUT2D eigenvalue weighted by Crippen LogP contribution is -2.14. The van der Waals surface area contributed by atoms with Crippen molar-refractivity contribution in [3.63, 3.8) is 0 Å². The Hall–Kier alpha value is -3.07. The number of aryl methyl sites for hydroxylation is 1. The van der Waals surface area contributed by atoms with E-state index in [1.807, 2.05) is 41.7 Å². The van der Waals surface area contributed by atoms with Gasteiger partial charge in [-0.1, -0.05) is 30.0 Å². The van der Waals surface area contributed by atoms with E-state index >= 15 is 0 Å². The van der Waals surface area contributed by atoms with Crippen molar-refractivity contribution in [2.24, 2.45) is 0 Å². The Balaban J connectivity index is 1.50. The average molecular weight is 416 g/mol. The fourth-order valence-corrected chi connectivity index (χ4v) is 3.79. The summed E-state index contributed by atoms with van der Waals surface area (Å²) in [7, 11) is 0. The molecular weight excluding hydrogens is 401 g/mol. The van der Waals surface area contributed by atoms with Gasteiger partial charge in [0.2, 0.25) is 5.91 Å². The molecule has 0 aliphatic carbocycles. The lowest BCUT2D eigenvalue weighted by molar-refractivity contribution is -0.137. The minimum atomic E-state index is -4.41. The number of pyridine rings is 1. The van der Waals surface area contributed by atoms with E-state index in [0.29, 0.717) is 16.5 Å². The maximum Gasteiger partial charge on any atom is 0.416 e. The van der Waals surface area contributed by atoms with E-state index in [0.717, 1.165) is 28.6 Å². The Morgan fingerprint density at radius 2 is 1.83 bits per heavy atom. The van der Waals surface area contributed by atoms with E-state index in [2.05, 4.69) is 15.5 Å². The molecule has 0 spiro atoms. The van der Waals surface area contributed by atoms with Crippen LogP contribution < -0.4 is 5.32 Å². The van der Waals surface area contributed by atoms with Gasteiger partial charge in [-0.05, 0) is 48.9 Å². The smallest absolute Gasteiger partial charge is 0.325 e. The monoisotopic (exact) mass is 416 g/mol. The summed E-state index contributed by atoms with van der Waals surface area (Å²) in [6.07, 6.45) is -4.41. The number of amides is 1. The third-order valence-electron chi connectivity index (χ3n) is 4.40. The Morgan fingerprint density at radius 1 is 1.10 bits per heavy atom. The Morgan fingerprint density at radius 3 is 2.55 bits per heavy atom. The van der Waals surface area contributed by atoms with Crippen molar-refractivity contribution in [1.82, 2.24) is 14.6 Å². The Bertz CT molecular complexity index is 1200. The molecule has 29 heavy (non-hydrogen) atoms. The number of anilines is 1. The second-order valence-electron chi connectivity index (χ2n) is 6.43. The van der Waals surface area contributed by atoms with Crippen LogP contribution in [0.5, 0.6) is 0 Å². The van der Waals surface area contributed by atoms with Crippen LogP contribution in [0.4, 0.5) is 18.9 Å². The number of fused-ring (bicyclic) bond motifs is 3. The molecule has 5 nitrogen and oxygen atoms in total. The Labute approximate surface area is 167 Å². The molecule has 9 heteroatoms. The summed E-state index contributed by atoms with van der Waals surface area (Å²) in [5.41, 5.74) is 2.25. The predicted octanol–water partition coefficient (Wildman–Crippen LogP) is 4.94. The first-order valence-electron chi connectivity index (χ1n) is 8.66. The van der Waals surface area contributed by atoms with Crippen LogP contribution in [-0.4, -0.2) is 26.3 Å². The molecule has 2 aromatic carbocycles. The lowest BCUT2D eigenvalue weighted by atomic mass is 10.1. The molecule has 2 heterocycles. The molecule has 2 aromatic heterocycles. The largest absolute Gasteiger partial charge is 0.416 e. The van der Waals surface area contributed by atoms with Crippen molar-refractivity contribution in [3.8, 4) is 0 Å². The molecule has 0 saturated carbocycles. The van der Waals surface area contributed by atoms with E-state index in [1.54, 1.807) is 0 Å². The molecule has 4 rings (SSSR count). The van der Waals surface area contributed by atoms with Gasteiger partial charge in [-0.25, -0.2) is 0 Å². The second kappa shape index (κ2) is 7.40. The van der Waals surface area contributed by atoms with E-state index < -0.39 is 11.7 Å². The van der Waals surface area contributed by atoms with Crippen LogP contribution in [-0.2, 0) is 11.0 Å². The number of hydrogen-bond acceptors (Lipinski definition) is 4. The number of hydrogen-bond donors (Lipinski definition) is 1. The molecule has 0 fully saturated rings. The van der Waals surface area contributed by atoms with Crippen molar-refractivity contribution >= 4 is 39.9 Å². The molecule has 1 N–H and O–H groups in total. The van der Waals surface area contributed by atoms with Crippen LogP contribution in [0, 0.1) is 6.92 Å². The number of nitrogens with zero attached hydrogens (tertiary/aromatic N) is 3. The van der Waals surface area contributed by atoms with Crippen LogP contribution in [0.3, 0.4) is 0 Å². The average Bonchev–Trinajstić information content (AvgIpc) is 3.09. The first kappa shape index (κ1) is 19.3. The summed E-state index contributed by atoms with van der Waals surface area (Å²) in [5.74, 6) is -0.299. The highest BCUT2D eigenvalue weighted by atomic mass is 32.2. The van der Waals surface area contributed by atoms with Crippen molar-refractivity contribution < 1.29 is 18.0 Å². The minimum absolute atomic E-state index is 0.0457. The quantitative estimate of drug-likeness (QED) is 0.479. The molecule has 1 amide bonds. The van der Waals surface area contributed by atoms with Gasteiger partial charge >= 0.3 is 6.18 Å². The van der Waals surface area contributed by atoms with Gasteiger partial charge in [-0.3, -0.25) is 9.20 Å². The zero-order valence-corrected chi connectivity index (χ0v) is 16.0. The number of rotatable bonds is 4. The highest BCUT2D eigenvalue weighted by molar-refractivity contribution is 7.99. The zero-order chi connectivity index (χ0) is 20.6. The maximum atomic E-state index is 12.6. The summed E-state index contributed by atoms with van der Waals surface area (Å²) in [6, 6.07) is 14.1. The highest BCUT2D eigenvalue weighted by Crippen LogP contribution is 2.30. The van der Waals surface area contributed by atoms with Crippen molar-refractivity contribution in [3.05, 3.63) is 65.7 Å². The van der Waals surface area contributed by atoms with Crippen LogP contribution in [0.15, 0.2) is 59.8 Å². The van der Waals surface area contributed by atoms with Crippen LogP contribution in [0.2, 0.25) is 0 Å². The van der Waals surface area contributed by atoms with Crippen molar-refractivity contribution in [2.75, 3.05) is 11.1 Å². The van der Waals surface area contributed by atoms with Gasteiger partial charge in [0.15, 0.2) is 10.8 Å². The number of thioether (sulfide) groups is 1. The van der Waals surface area contributed by atoms with E-state index in [-0.39, 0.29) is 11.7 Å². The van der Waals surface area contributed by atoms with Crippen molar-refractivity contribution in [1.29, 1.82) is 0 Å². The molecule has 0 saturated heterocycles. The number of nitrogens with one attached hydrogen (secondary N) is 1. The summed E-state index contributed by atoms with van der Waals surface area (Å²) in [6.45, 7) is 2.00. The van der Waals surface area contributed by atoms with Gasteiger partial charge in [-0.15, -0.1) is 10.2 Å². The van der Waals surface area contributed by atoms with Gasteiger partial charge in [0.1, 0.15) is 0 Å². The topological polar surface area (TPSA) is 59.3 Å². The lowest BCUT2D eigenvalue weighted by Gasteiger charge is -2.09. The predicted molar refractivity (Wildman–Crippen MR) is 106 cm³/mol. The molecule has 4 aromatic rings. The molecular formula is C20H15F3N4OS. The van der Waals surface area contributed by atoms with Gasteiger partial charge < -0.3 is 5.32 Å². The molecule has 0 aliphatic rings. The second-order valence-corrected chi connectivity index (χ2v) is 7.38. The van der Waals surface area contributed by atoms with Gasteiger partial charge in [0.25, 0.3) is 0 Å². The normalized spacial score (nSPS) is 11.9. The number of benzene rings is 2. The molecule has 0 radical (unpaired) electrons. The van der Waals surface area contributed by atoms with Crippen LogP contribution in [0.25, 0.3) is 16.6 Å². The third-order valence-corrected chi connectivity index (χ3v) is 5.33. The molecule has 148 valence electrons. The standard InChI is InChI=1S/C20H15F3N4OS/c1-12-10-17-25-26-19(27(17)16-5-3-2-4-15(12)16)29-11-18(28)24-14-8-6-13(7-9-14)20(21,22)23/h2-10H,11H2,1H3,(H,24,28). The molecule has 0 atom stereocenters. The number of carbonyl (C=O) groups excluding carboxylic acids is 1. The maximum absolute atomic E-state index is 12.6. The first-order valence-corrected chi connectivity index (χ1v) is 9.65. The Kier molecular flexibility index (Phi) is 4.91. The van der Waals surface area contributed by atoms with Gasteiger partial charge in [0, 0.05) is 11.1 Å². The summed E-state index contributed by atoms with van der Waals surface area (Å²) in [4.78, 5) is 12.2. The highest BCUT2D eigenvalue weighted by Gasteiger charge is 2.30. The third kappa shape index (κ3) is 3.91. The van der Waals surface area contributed by atoms with Crippen LogP contribution >= 0.6 is 11.8 Å². The molecule has 0 bridgehead atoms. The van der Waals surface area contributed by atoms with Crippen LogP contribution in [0.1, 0.15) is 11.1 Å². The number of para-hydroxylation sites is 1. The number of carbonyl (C=O) groups is 1. The summed E-state index contributed by atoms with van der Waals surface area (Å²) >= 11 is 1.21. The van der Waals surface area contributed by atoms with E-state index in [4.69, 9.17) is 0 Å². The SMILES string of the molecule is Cc1cc2nnc(SCC(=O)Nc3ccc(C(F)(F)F)cc3)n2c2ccccc12. The summed E-state index contributed by atoms with van der Waals surface area (Å²) < 4.78 is 39.7. The van der Waals surface area contributed by atoms with E-state index in [9.17, 15) is 18.0 Å². The molecule has 0 unspecified atom stereocenters. The fraction of sp³-hybridized carbons (Fsp3) is 0.150. The number of alkyl halides is 3.